The highest BCUT2D eigenvalue weighted by Gasteiger charge is 2.13. The van der Waals surface area contributed by atoms with Crippen molar-refractivity contribution in [3.8, 4) is 0 Å². The van der Waals surface area contributed by atoms with E-state index < -0.39 is 5.97 Å². The summed E-state index contributed by atoms with van der Waals surface area (Å²) < 4.78 is 4.81. The molecule has 0 aromatic carbocycles. The molecule has 17 heavy (non-hydrogen) atoms. The number of nitrogens with one attached hydrogen (secondary N) is 1. The highest BCUT2D eigenvalue weighted by atomic mass is 16.5. The van der Waals surface area contributed by atoms with Crippen LogP contribution in [0.2, 0.25) is 0 Å². The fourth-order valence-electron chi connectivity index (χ4n) is 1.14. The monoisotopic (exact) mass is 245 g/mol. The van der Waals surface area contributed by atoms with Crippen LogP contribution in [0.15, 0.2) is 0 Å². The third kappa shape index (κ3) is 8.24. The van der Waals surface area contributed by atoms with Gasteiger partial charge in [0.1, 0.15) is 0 Å². The maximum atomic E-state index is 11.2. The van der Waals surface area contributed by atoms with E-state index in [1.54, 1.807) is 13.8 Å². The molecule has 0 aromatic heterocycles. The summed E-state index contributed by atoms with van der Waals surface area (Å²) in [5.41, 5.74) is 0. The van der Waals surface area contributed by atoms with Crippen LogP contribution in [-0.4, -0.2) is 36.1 Å². The largest absolute Gasteiger partial charge is 0.481 e. The number of carbonyl (C=O) groups excluding carboxylic acids is 2. The molecule has 1 amide bonds. The summed E-state index contributed by atoms with van der Waals surface area (Å²) in [4.78, 5) is 32.6. The topological polar surface area (TPSA) is 92.7 Å². The Morgan fingerprint density at radius 3 is 2.47 bits per heavy atom. The van der Waals surface area contributed by atoms with Gasteiger partial charge in [-0.1, -0.05) is 6.92 Å². The number of carboxylic acids is 1. The second-order valence-corrected chi connectivity index (χ2v) is 3.69. The molecule has 0 saturated heterocycles. The molecule has 0 bridgehead atoms. The molecule has 0 unspecified atom stereocenters. The van der Waals surface area contributed by atoms with Crippen LogP contribution in [-0.2, 0) is 19.1 Å². The first kappa shape index (κ1) is 15.4. The molecule has 0 heterocycles. The first-order valence-corrected chi connectivity index (χ1v) is 5.62. The molecule has 0 radical (unpaired) electrons. The Labute approximate surface area is 100 Å². The van der Waals surface area contributed by atoms with Crippen LogP contribution < -0.4 is 5.32 Å². The lowest BCUT2D eigenvalue weighted by Gasteiger charge is -2.10. The first-order valence-electron chi connectivity index (χ1n) is 5.62. The predicted molar refractivity (Wildman–Crippen MR) is 60.3 cm³/mol. The van der Waals surface area contributed by atoms with Gasteiger partial charge in [0.05, 0.1) is 18.9 Å². The molecule has 0 aromatic rings. The molecule has 6 nitrogen and oxygen atoms in total. The standard InChI is InChI=1S/C11H19NO5/c1-3-17-11(16)8(2)6-7-12-9(13)4-5-10(14)15/h8H,3-7H2,1-2H3,(H,12,13)(H,14,15)/t8-/m1/s1. The van der Waals surface area contributed by atoms with E-state index >= 15 is 0 Å². The van der Waals surface area contributed by atoms with E-state index in [1.807, 2.05) is 0 Å². The number of rotatable bonds is 8. The minimum atomic E-state index is -1.000. The highest BCUT2D eigenvalue weighted by Crippen LogP contribution is 2.03. The zero-order valence-electron chi connectivity index (χ0n) is 10.2. The Hall–Kier alpha value is -1.59. The van der Waals surface area contributed by atoms with Crippen molar-refractivity contribution in [1.82, 2.24) is 5.32 Å². The average Bonchev–Trinajstić information content (AvgIpc) is 2.26. The summed E-state index contributed by atoms with van der Waals surface area (Å²) in [5, 5.41) is 10.9. The molecule has 6 heteroatoms. The van der Waals surface area contributed by atoms with Gasteiger partial charge < -0.3 is 15.2 Å². The SMILES string of the molecule is CCOC(=O)[C@H](C)CCNC(=O)CCC(=O)O. The molecular formula is C11H19NO5. The maximum absolute atomic E-state index is 11.2. The fraction of sp³-hybridized carbons (Fsp3) is 0.727. The smallest absolute Gasteiger partial charge is 0.308 e. The van der Waals surface area contributed by atoms with Gasteiger partial charge in [0.2, 0.25) is 5.91 Å². The zero-order valence-corrected chi connectivity index (χ0v) is 10.2. The van der Waals surface area contributed by atoms with E-state index in [1.165, 1.54) is 0 Å². The first-order chi connectivity index (χ1) is 7.97. The highest BCUT2D eigenvalue weighted by molar-refractivity contribution is 5.80. The van der Waals surface area contributed by atoms with Crippen LogP contribution in [0.25, 0.3) is 0 Å². The van der Waals surface area contributed by atoms with Gasteiger partial charge in [0, 0.05) is 13.0 Å². The third-order valence-corrected chi connectivity index (χ3v) is 2.15. The summed E-state index contributed by atoms with van der Waals surface area (Å²) in [6.45, 7) is 4.15. The number of hydrogen-bond donors (Lipinski definition) is 2. The van der Waals surface area contributed by atoms with Crippen LogP contribution in [0, 0.1) is 5.92 Å². The molecule has 0 spiro atoms. The van der Waals surface area contributed by atoms with Gasteiger partial charge in [-0.25, -0.2) is 0 Å². The molecule has 0 saturated carbocycles. The Morgan fingerprint density at radius 2 is 1.94 bits per heavy atom. The Bertz CT molecular complexity index is 277. The Balaban J connectivity index is 3.65. The lowest BCUT2D eigenvalue weighted by Crippen LogP contribution is -2.27. The zero-order chi connectivity index (χ0) is 13.3. The van der Waals surface area contributed by atoms with Gasteiger partial charge in [-0.3, -0.25) is 14.4 Å². The number of carboxylic acid groups (broad SMARTS) is 1. The van der Waals surface area contributed by atoms with Gasteiger partial charge in [0.25, 0.3) is 0 Å². The van der Waals surface area contributed by atoms with Crippen LogP contribution in [0.4, 0.5) is 0 Å². The number of esters is 1. The van der Waals surface area contributed by atoms with E-state index in [0.717, 1.165) is 0 Å². The summed E-state index contributed by atoms with van der Waals surface area (Å²) in [6, 6.07) is 0. The minimum Gasteiger partial charge on any atom is -0.481 e. The summed E-state index contributed by atoms with van der Waals surface area (Å²) in [7, 11) is 0. The number of amides is 1. The van der Waals surface area contributed by atoms with Gasteiger partial charge in [-0.2, -0.15) is 0 Å². The molecular weight excluding hydrogens is 226 g/mol. The summed E-state index contributed by atoms with van der Waals surface area (Å²) >= 11 is 0. The van der Waals surface area contributed by atoms with Crippen LogP contribution in [0.5, 0.6) is 0 Å². The second-order valence-electron chi connectivity index (χ2n) is 3.69. The predicted octanol–water partition coefficient (Wildman–Crippen LogP) is 0.557. The van der Waals surface area contributed by atoms with Gasteiger partial charge >= 0.3 is 11.9 Å². The van der Waals surface area contributed by atoms with E-state index in [4.69, 9.17) is 9.84 Å². The summed E-state index contributed by atoms with van der Waals surface area (Å²) in [6.07, 6.45) is 0.264. The maximum Gasteiger partial charge on any atom is 0.308 e. The van der Waals surface area contributed by atoms with Crippen LogP contribution >= 0.6 is 0 Å². The van der Waals surface area contributed by atoms with Crippen molar-refractivity contribution in [3.63, 3.8) is 0 Å². The summed E-state index contributed by atoms with van der Waals surface area (Å²) in [5.74, 6) is -1.87. The molecule has 0 aliphatic heterocycles. The van der Waals surface area contributed by atoms with Crippen molar-refractivity contribution < 1.29 is 24.2 Å². The van der Waals surface area contributed by atoms with Gasteiger partial charge in [-0.05, 0) is 13.3 Å². The lowest BCUT2D eigenvalue weighted by molar-refractivity contribution is -0.147. The van der Waals surface area contributed by atoms with Crippen molar-refractivity contribution in [1.29, 1.82) is 0 Å². The van der Waals surface area contributed by atoms with Crippen molar-refractivity contribution >= 4 is 17.8 Å². The lowest BCUT2D eigenvalue weighted by atomic mass is 10.1. The van der Waals surface area contributed by atoms with Crippen LogP contribution in [0.1, 0.15) is 33.1 Å². The second kappa shape index (κ2) is 8.55. The normalized spacial score (nSPS) is 11.6. The van der Waals surface area contributed by atoms with Crippen molar-refractivity contribution in [3.05, 3.63) is 0 Å². The molecule has 0 rings (SSSR count). The van der Waals surface area contributed by atoms with E-state index in [-0.39, 0.29) is 30.6 Å². The number of ether oxygens (including phenoxy) is 1. The van der Waals surface area contributed by atoms with Crippen molar-refractivity contribution in [2.24, 2.45) is 5.92 Å². The van der Waals surface area contributed by atoms with E-state index in [0.29, 0.717) is 19.6 Å². The third-order valence-electron chi connectivity index (χ3n) is 2.15. The van der Waals surface area contributed by atoms with Gasteiger partial charge in [-0.15, -0.1) is 0 Å². The number of carbonyl (C=O) groups is 3. The van der Waals surface area contributed by atoms with Crippen molar-refractivity contribution in [2.45, 2.75) is 33.1 Å². The molecule has 0 aliphatic rings. The van der Waals surface area contributed by atoms with Crippen LogP contribution in [0.3, 0.4) is 0 Å². The quantitative estimate of drug-likeness (QED) is 0.609. The van der Waals surface area contributed by atoms with E-state index in [9.17, 15) is 14.4 Å². The minimum absolute atomic E-state index is 0.0386. The molecule has 2 N–H and O–H groups in total. The number of aliphatic carboxylic acids is 1. The molecule has 1 atom stereocenters. The van der Waals surface area contributed by atoms with Gasteiger partial charge in [0.15, 0.2) is 0 Å². The molecule has 98 valence electrons. The Morgan fingerprint density at radius 1 is 1.29 bits per heavy atom. The molecule has 0 fully saturated rings. The van der Waals surface area contributed by atoms with Crippen molar-refractivity contribution in [2.75, 3.05) is 13.2 Å². The number of hydrogen-bond acceptors (Lipinski definition) is 4. The molecule has 0 aliphatic carbocycles. The average molecular weight is 245 g/mol. The fourth-order valence-corrected chi connectivity index (χ4v) is 1.14. The van der Waals surface area contributed by atoms with E-state index in [2.05, 4.69) is 5.32 Å². The Kier molecular flexibility index (Phi) is 7.75.